The normalized spacial score (nSPS) is 13.1. The Morgan fingerprint density at radius 1 is 1.59 bits per heavy atom. The van der Waals surface area contributed by atoms with Crippen LogP contribution in [0, 0.1) is 0 Å². The number of hydrogen-bond acceptors (Lipinski definition) is 3. The summed E-state index contributed by atoms with van der Waals surface area (Å²) in [7, 11) is 0. The summed E-state index contributed by atoms with van der Waals surface area (Å²) in [5, 5.41) is 0.355. The van der Waals surface area contributed by atoms with Gasteiger partial charge in [-0.1, -0.05) is 12.7 Å². The monoisotopic (exact) mass is 251 g/mol. The highest BCUT2D eigenvalue weighted by molar-refractivity contribution is 7.80. The van der Waals surface area contributed by atoms with Gasteiger partial charge in [-0.3, -0.25) is 0 Å². The number of thiol groups is 1. The summed E-state index contributed by atoms with van der Waals surface area (Å²) in [4.78, 5) is 4.32. The fraction of sp³-hybridized carbons (Fsp3) is 0.462. The van der Waals surface area contributed by atoms with Gasteiger partial charge in [0.2, 0.25) is 0 Å². The van der Waals surface area contributed by atoms with Gasteiger partial charge < -0.3 is 10.3 Å². The van der Waals surface area contributed by atoms with Crippen molar-refractivity contribution in [2.45, 2.75) is 31.6 Å². The van der Waals surface area contributed by atoms with Crippen LogP contribution in [0.25, 0.3) is 12.2 Å². The molecule has 17 heavy (non-hydrogen) atoms. The number of nitrogens with zero attached hydrogens (tertiary/aromatic N) is 2. The number of nitrogens with two attached hydrogens (primary N) is 1. The molecule has 0 aliphatic heterocycles. The van der Waals surface area contributed by atoms with Crippen LogP contribution >= 0.6 is 12.6 Å². The fourth-order valence-corrected chi connectivity index (χ4v) is 1.97. The van der Waals surface area contributed by atoms with E-state index in [2.05, 4.69) is 34.8 Å². The van der Waals surface area contributed by atoms with Crippen molar-refractivity contribution in [3.8, 4) is 0 Å². The van der Waals surface area contributed by atoms with Gasteiger partial charge >= 0.3 is 0 Å². The van der Waals surface area contributed by atoms with Crippen molar-refractivity contribution in [2.75, 3.05) is 6.54 Å². The van der Waals surface area contributed by atoms with Gasteiger partial charge in [0, 0.05) is 11.8 Å². The predicted molar refractivity (Wildman–Crippen MR) is 78.1 cm³/mol. The summed E-state index contributed by atoms with van der Waals surface area (Å²) in [6.45, 7) is 7.37. The predicted octanol–water partition coefficient (Wildman–Crippen LogP) is 2.60. The number of aromatic nitrogens is 2. The first kappa shape index (κ1) is 14.1. The summed E-state index contributed by atoms with van der Waals surface area (Å²) < 4.78 is 2.14. The Hall–Kier alpha value is -1.00. The molecule has 0 fully saturated rings. The van der Waals surface area contributed by atoms with Gasteiger partial charge in [0.1, 0.15) is 0 Å². The quantitative estimate of drug-likeness (QED) is 0.732. The Labute approximate surface area is 109 Å². The number of hydrogen-bond donors (Lipinski definition) is 2. The van der Waals surface area contributed by atoms with E-state index in [0.717, 1.165) is 30.8 Å². The molecule has 0 spiro atoms. The molecule has 0 amide bonds. The molecule has 1 aromatic heterocycles. The zero-order valence-corrected chi connectivity index (χ0v) is 11.2. The van der Waals surface area contributed by atoms with Crippen molar-refractivity contribution in [3.05, 3.63) is 30.4 Å². The van der Waals surface area contributed by atoms with E-state index in [1.807, 2.05) is 19.3 Å². The molecular formula is C13H21N3S. The summed E-state index contributed by atoms with van der Waals surface area (Å²) in [5.41, 5.74) is 7.54. The zero-order chi connectivity index (χ0) is 12.7. The Morgan fingerprint density at radius 2 is 2.35 bits per heavy atom. The molecular weight excluding hydrogens is 230 g/mol. The topological polar surface area (TPSA) is 43.8 Å². The fourth-order valence-electron chi connectivity index (χ4n) is 1.71. The second-order valence-electron chi connectivity index (χ2n) is 3.93. The van der Waals surface area contributed by atoms with Crippen LogP contribution < -0.4 is 5.73 Å². The van der Waals surface area contributed by atoms with Gasteiger partial charge in [-0.2, -0.15) is 12.6 Å². The molecule has 0 aromatic carbocycles. The summed E-state index contributed by atoms with van der Waals surface area (Å²) >= 11 is 4.50. The average Bonchev–Trinajstić information content (AvgIpc) is 2.70. The maximum atomic E-state index is 5.51. The van der Waals surface area contributed by atoms with Gasteiger partial charge in [0.25, 0.3) is 0 Å². The lowest BCUT2D eigenvalue weighted by atomic mass is 10.2. The van der Waals surface area contributed by atoms with Crippen LogP contribution in [0.15, 0.2) is 19.0 Å². The summed E-state index contributed by atoms with van der Waals surface area (Å²) in [6.07, 6.45) is 9.65. The van der Waals surface area contributed by atoms with Crippen molar-refractivity contribution in [1.29, 1.82) is 0 Å². The lowest BCUT2D eigenvalue weighted by Gasteiger charge is -2.11. The Morgan fingerprint density at radius 3 is 2.94 bits per heavy atom. The first-order valence-electron chi connectivity index (χ1n) is 5.91. The maximum Gasteiger partial charge on any atom is 0.0958 e. The van der Waals surface area contributed by atoms with Crippen LogP contribution in [-0.4, -0.2) is 21.3 Å². The van der Waals surface area contributed by atoms with Crippen molar-refractivity contribution < 1.29 is 0 Å². The third kappa shape index (κ3) is 4.06. The largest absolute Gasteiger partial charge is 0.331 e. The number of aryl methyl sites for hydroxylation is 1. The van der Waals surface area contributed by atoms with Crippen LogP contribution in [0.4, 0.5) is 0 Å². The van der Waals surface area contributed by atoms with E-state index in [1.165, 1.54) is 0 Å². The van der Waals surface area contributed by atoms with Crippen LogP contribution in [0.5, 0.6) is 0 Å². The Balaban J connectivity index is 2.70. The van der Waals surface area contributed by atoms with Crippen molar-refractivity contribution in [3.63, 3.8) is 0 Å². The van der Waals surface area contributed by atoms with E-state index in [0.29, 0.717) is 11.8 Å². The minimum atomic E-state index is 0.355. The molecule has 1 atom stereocenters. The number of imidazole rings is 1. The van der Waals surface area contributed by atoms with E-state index in [-0.39, 0.29) is 0 Å². The standard InChI is InChI=1S/C13H21N3S/c1-3-5-13-12(4-2)15-10-16(13)9-7-11(17)6-8-14/h3-5,10-11,17H,2,6-9,14H2,1H3/b5-3-. The van der Waals surface area contributed by atoms with E-state index < -0.39 is 0 Å². The van der Waals surface area contributed by atoms with Gasteiger partial charge in [0.15, 0.2) is 0 Å². The van der Waals surface area contributed by atoms with Gasteiger partial charge in [0.05, 0.1) is 17.7 Å². The minimum absolute atomic E-state index is 0.355. The molecule has 94 valence electrons. The molecule has 0 aliphatic carbocycles. The molecule has 2 N–H and O–H groups in total. The molecule has 1 aromatic rings. The zero-order valence-electron chi connectivity index (χ0n) is 10.3. The van der Waals surface area contributed by atoms with E-state index in [1.54, 1.807) is 6.08 Å². The SMILES string of the molecule is C=Cc1ncn(CCC(S)CCN)c1/C=C\C. The molecule has 1 unspecified atom stereocenters. The third-order valence-electron chi connectivity index (χ3n) is 2.63. The second kappa shape index (κ2) is 7.35. The van der Waals surface area contributed by atoms with Crippen molar-refractivity contribution in [2.24, 2.45) is 5.73 Å². The highest BCUT2D eigenvalue weighted by Crippen LogP contribution is 2.14. The smallest absolute Gasteiger partial charge is 0.0958 e. The van der Waals surface area contributed by atoms with Crippen molar-refractivity contribution in [1.82, 2.24) is 9.55 Å². The molecule has 0 saturated carbocycles. The van der Waals surface area contributed by atoms with Crippen LogP contribution in [-0.2, 0) is 6.54 Å². The maximum absolute atomic E-state index is 5.51. The summed E-state index contributed by atoms with van der Waals surface area (Å²) in [6, 6.07) is 0. The molecule has 0 saturated heterocycles. The number of rotatable bonds is 7. The Bertz CT molecular complexity index is 382. The van der Waals surface area contributed by atoms with Crippen molar-refractivity contribution >= 4 is 24.8 Å². The summed E-state index contributed by atoms with van der Waals surface area (Å²) in [5.74, 6) is 0. The van der Waals surface area contributed by atoms with Crippen LogP contribution in [0.2, 0.25) is 0 Å². The second-order valence-corrected chi connectivity index (χ2v) is 4.66. The average molecular weight is 251 g/mol. The molecule has 4 heteroatoms. The molecule has 0 bridgehead atoms. The van der Waals surface area contributed by atoms with Gasteiger partial charge in [-0.05, 0) is 38.5 Å². The van der Waals surface area contributed by atoms with Gasteiger partial charge in [-0.15, -0.1) is 0 Å². The lowest BCUT2D eigenvalue weighted by molar-refractivity contribution is 0.601. The third-order valence-corrected chi connectivity index (χ3v) is 3.15. The molecule has 1 rings (SSSR count). The van der Waals surface area contributed by atoms with E-state index >= 15 is 0 Å². The van der Waals surface area contributed by atoms with Crippen LogP contribution in [0.3, 0.4) is 0 Å². The first-order valence-corrected chi connectivity index (χ1v) is 6.43. The molecule has 3 nitrogen and oxygen atoms in total. The minimum Gasteiger partial charge on any atom is -0.331 e. The molecule has 1 heterocycles. The number of allylic oxidation sites excluding steroid dienone is 1. The van der Waals surface area contributed by atoms with Gasteiger partial charge in [-0.25, -0.2) is 4.98 Å². The molecule has 0 radical (unpaired) electrons. The van der Waals surface area contributed by atoms with Crippen LogP contribution in [0.1, 0.15) is 31.2 Å². The van der Waals surface area contributed by atoms with E-state index in [4.69, 9.17) is 5.73 Å². The molecule has 0 aliphatic rings. The highest BCUT2D eigenvalue weighted by Gasteiger charge is 2.07. The Kier molecular flexibility index (Phi) is 6.08. The first-order chi connectivity index (χ1) is 8.22. The van der Waals surface area contributed by atoms with E-state index in [9.17, 15) is 0 Å². The highest BCUT2D eigenvalue weighted by atomic mass is 32.1. The lowest BCUT2D eigenvalue weighted by Crippen LogP contribution is -2.11.